The number of fused-ring (bicyclic) bond motifs is 1. The number of hydrogen-bond donors (Lipinski definition) is 5. The van der Waals surface area contributed by atoms with Crippen LogP contribution >= 0.6 is 0 Å². The molecule has 0 unspecified atom stereocenters. The first-order chi connectivity index (χ1) is 13.0. The van der Waals surface area contributed by atoms with Crippen LogP contribution in [-0.4, -0.2) is 87.8 Å². The molecule has 150 valence electrons. The van der Waals surface area contributed by atoms with Crippen molar-refractivity contribution in [1.29, 1.82) is 0 Å². The summed E-state index contributed by atoms with van der Waals surface area (Å²) in [5.41, 5.74) is 1.97. The Morgan fingerprint density at radius 1 is 1.19 bits per heavy atom. The summed E-state index contributed by atoms with van der Waals surface area (Å²) in [4.78, 5) is 5.43. The fraction of sp³-hybridized carbons (Fsp3) is 0.579. The van der Waals surface area contributed by atoms with E-state index in [9.17, 15) is 20.4 Å². The van der Waals surface area contributed by atoms with Crippen LogP contribution in [0.25, 0.3) is 10.9 Å². The Bertz CT molecular complexity index is 749. The first-order valence-corrected chi connectivity index (χ1v) is 9.21. The van der Waals surface area contributed by atoms with Gasteiger partial charge in [0.1, 0.15) is 30.2 Å². The smallest absolute Gasteiger partial charge is 0.229 e. The van der Waals surface area contributed by atoms with E-state index in [1.807, 2.05) is 18.3 Å². The van der Waals surface area contributed by atoms with Gasteiger partial charge in [-0.05, 0) is 37.7 Å². The van der Waals surface area contributed by atoms with Crippen LogP contribution in [0.3, 0.4) is 0 Å². The van der Waals surface area contributed by atoms with Crippen LogP contribution in [0.2, 0.25) is 0 Å². The number of nitrogens with one attached hydrogen (secondary N) is 1. The number of hydrogen-bond acceptors (Lipinski definition) is 7. The van der Waals surface area contributed by atoms with Crippen molar-refractivity contribution < 1.29 is 29.9 Å². The molecule has 5 atom stereocenters. The minimum absolute atomic E-state index is 0.492. The summed E-state index contributed by atoms with van der Waals surface area (Å²) in [6, 6.07) is 5.52. The number of aliphatic hydroxyl groups is 4. The fourth-order valence-electron chi connectivity index (χ4n) is 3.27. The van der Waals surface area contributed by atoms with Crippen molar-refractivity contribution in [3.8, 4) is 5.75 Å². The molecule has 2 aromatic rings. The van der Waals surface area contributed by atoms with Crippen LogP contribution in [0.15, 0.2) is 24.4 Å². The number of likely N-dealkylation sites (N-methyl/N-ethyl adjacent to an activating group) is 1. The second-order valence-electron chi connectivity index (χ2n) is 6.95. The largest absolute Gasteiger partial charge is 0.461 e. The van der Waals surface area contributed by atoms with Gasteiger partial charge in [-0.3, -0.25) is 0 Å². The molecular formula is C19H28N2O6. The number of ether oxygens (including phenoxy) is 2. The molecule has 0 saturated carbocycles. The molecule has 2 heterocycles. The quantitative estimate of drug-likeness (QED) is 0.453. The summed E-state index contributed by atoms with van der Waals surface area (Å²) >= 11 is 0. The fourth-order valence-corrected chi connectivity index (χ4v) is 3.27. The highest BCUT2D eigenvalue weighted by Crippen LogP contribution is 2.32. The first kappa shape index (κ1) is 20.1. The second-order valence-corrected chi connectivity index (χ2v) is 6.95. The Hall–Kier alpha value is -1.68. The highest BCUT2D eigenvalue weighted by atomic mass is 16.7. The van der Waals surface area contributed by atoms with Crippen molar-refractivity contribution in [2.24, 2.45) is 0 Å². The molecule has 0 amide bonds. The Morgan fingerprint density at radius 3 is 2.67 bits per heavy atom. The molecule has 3 rings (SSSR count). The molecule has 1 aliphatic heterocycles. The van der Waals surface area contributed by atoms with Crippen LogP contribution < -0.4 is 4.74 Å². The number of aliphatic hydroxyl groups excluding tert-OH is 4. The van der Waals surface area contributed by atoms with E-state index < -0.39 is 37.3 Å². The predicted molar refractivity (Wildman–Crippen MR) is 99.6 cm³/mol. The van der Waals surface area contributed by atoms with Gasteiger partial charge in [-0.25, -0.2) is 0 Å². The van der Waals surface area contributed by atoms with Crippen molar-refractivity contribution in [2.75, 3.05) is 26.7 Å². The average Bonchev–Trinajstić information content (AvgIpc) is 3.10. The maximum atomic E-state index is 10.2. The summed E-state index contributed by atoms with van der Waals surface area (Å²) in [6.07, 6.45) is -3.76. The Labute approximate surface area is 157 Å². The average molecular weight is 380 g/mol. The number of H-pyrrole nitrogens is 1. The number of rotatable bonds is 7. The lowest BCUT2D eigenvalue weighted by molar-refractivity contribution is -0.277. The molecule has 1 aromatic carbocycles. The maximum Gasteiger partial charge on any atom is 0.229 e. The molecule has 0 radical (unpaired) electrons. The Morgan fingerprint density at radius 2 is 1.96 bits per heavy atom. The van der Waals surface area contributed by atoms with Gasteiger partial charge in [0.05, 0.1) is 6.61 Å². The van der Waals surface area contributed by atoms with E-state index in [0.717, 1.165) is 36.0 Å². The molecular weight excluding hydrogens is 352 g/mol. The molecule has 0 aliphatic carbocycles. The molecule has 0 bridgehead atoms. The van der Waals surface area contributed by atoms with Gasteiger partial charge in [0, 0.05) is 23.6 Å². The topological polar surface area (TPSA) is 118 Å². The summed E-state index contributed by atoms with van der Waals surface area (Å²) in [6.45, 7) is 3.45. The van der Waals surface area contributed by atoms with Crippen LogP contribution in [0.5, 0.6) is 5.75 Å². The SMILES string of the molecule is CCN(C)CCc1c[nH]c2cccc(O[C@H]3O[C@H](CO)[C@@H](O)[C@H](O)[C@H]3O)c12. The van der Waals surface area contributed by atoms with Crippen molar-refractivity contribution in [3.63, 3.8) is 0 Å². The molecule has 8 heteroatoms. The van der Waals surface area contributed by atoms with E-state index in [0.29, 0.717) is 5.75 Å². The number of nitrogens with zero attached hydrogens (tertiary/aromatic N) is 1. The monoisotopic (exact) mass is 380 g/mol. The van der Waals surface area contributed by atoms with Gasteiger partial charge < -0.3 is 39.8 Å². The standard InChI is InChI=1S/C19H28N2O6/c1-3-21(2)8-7-11-9-20-12-5-4-6-13(15(11)12)26-19-18(25)17(24)16(23)14(10-22)27-19/h4-6,9,14,16-20,22-25H,3,7-8,10H2,1-2H3/t14-,16-,17+,18-,19+/m1/s1. The normalized spacial score (nSPS) is 28.8. The molecule has 1 aliphatic rings. The first-order valence-electron chi connectivity index (χ1n) is 9.21. The Kier molecular flexibility index (Phi) is 6.36. The minimum Gasteiger partial charge on any atom is -0.461 e. The summed E-state index contributed by atoms with van der Waals surface area (Å²) in [5.74, 6) is 0.507. The number of benzene rings is 1. The van der Waals surface area contributed by atoms with Crippen LogP contribution in [0, 0.1) is 0 Å². The Balaban J connectivity index is 1.85. The molecule has 1 saturated heterocycles. The molecule has 1 aromatic heterocycles. The van der Waals surface area contributed by atoms with Gasteiger partial charge in [0.2, 0.25) is 6.29 Å². The summed E-state index contributed by atoms with van der Waals surface area (Å²) < 4.78 is 11.3. The van der Waals surface area contributed by atoms with Crippen LogP contribution in [0.4, 0.5) is 0 Å². The van der Waals surface area contributed by atoms with Crippen LogP contribution in [0.1, 0.15) is 12.5 Å². The van der Waals surface area contributed by atoms with Gasteiger partial charge in [-0.15, -0.1) is 0 Å². The van der Waals surface area contributed by atoms with E-state index in [2.05, 4.69) is 23.9 Å². The van der Waals surface area contributed by atoms with E-state index in [4.69, 9.17) is 9.47 Å². The van der Waals surface area contributed by atoms with E-state index in [1.165, 1.54) is 0 Å². The number of aromatic amines is 1. The lowest BCUT2D eigenvalue weighted by atomic mass is 9.99. The second kappa shape index (κ2) is 8.55. The van der Waals surface area contributed by atoms with Gasteiger partial charge in [-0.2, -0.15) is 0 Å². The third-order valence-electron chi connectivity index (χ3n) is 5.14. The third-order valence-corrected chi connectivity index (χ3v) is 5.14. The molecule has 1 fully saturated rings. The number of aromatic nitrogens is 1. The molecule has 27 heavy (non-hydrogen) atoms. The maximum absolute atomic E-state index is 10.2. The van der Waals surface area contributed by atoms with E-state index in [1.54, 1.807) is 6.07 Å². The van der Waals surface area contributed by atoms with Gasteiger partial charge in [-0.1, -0.05) is 13.0 Å². The third kappa shape index (κ3) is 4.11. The zero-order chi connectivity index (χ0) is 19.6. The van der Waals surface area contributed by atoms with Crippen molar-refractivity contribution in [2.45, 2.75) is 44.1 Å². The molecule has 5 N–H and O–H groups in total. The zero-order valence-corrected chi connectivity index (χ0v) is 15.6. The molecule has 8 nitrogen and oxygen atoms in total. The lowest BCUT2D eigenvalue weighted by Crippen LogP contribution is -2.60. The summed E-state index contributed by atoms with van der Waals surface area (Å²) in [7, 11) is 2.06. The van der Waals surface area contributed by atoms with Gasteiger partial charge in [0.25, 0.3) is 0 Å². The van der Waals surface area contributed by atoms with Crippen LogP contribution in [-0.2, 0) is 11.2 Å². The van der Waals surface area contributed by atoms with E-state index in [-0.39, 0.29) is 0 Å². The molecule has 0 spiro atoms. The van der Waals surface area contributed by atoms with Crippen molar-refractivity contribution in [3.05, 3.63) is 30.0 Å². The van der Waals surface area contributed by atoms with Crippen molar-refractivity contribution in [1.82, 2.24) is 9.88 Å². The van der Waals surface area contributed by atoms with Crippen molar-refractivity contribution >= 4 is 10.9 Å². The highest BCUT2D eigenvalue weighted by Gasteiger charge is 2.44. The lowest BCUT2D eigenvalue weighted by Gasteiger charge is -2.39. The van der Waals surface area contributed by atoms with E-state index >= 15 is 0 Å². The van der Waals surface area contributed by atoms with Gasteiger partial charge >= 0.3 is 0 Å². The predicted octanol–water partition coefficient (Wildman–Crippen LogP) is -0.159. The minimum atomic E-state index is -1.47. The zero-order valence-electron chi connectivity index (χ0n) is 15.6. The highest BCUT2D eigenvalue weighted by molar-refractivity contribution is 5.89. The summed E-state index contributed by atoms with van der Waals surface area (Å²) in [5, 5.41) is 40.3. The van der Waals surface area contributed by atoms with Gasteiger partial charge in [0.15, 0.2) is 0 Å².